The van der Waals surface area contributed by atoms with E-state index in [1.807, 2.05) is 27.8 Å². The second-order valence-corrected chi connectivity index (χ2v) is 7.63. The predicted octanol–water partition coefficient (Wildman–Crippen LogP) is 3.59. The lowest BCUT2D eigenvalue weighted by Crippen LogP contribution is -2.42. The average molecular weight is 283 g/mol. The van der Waals surface area contributed by atoms with Crippen molar-refractivity contribution in [2.45, 2.75) is 77.0 Å². The summed E-state index contributed by atoms with van der Waals surface area (Å²) in [5.41, 5.74) is -0.420. The lowest BCUT2D eigenvalue weighted by molar-refractivity contribution is -0.0340. The van der Waals surface area contributed by atoms with Gasteiger partial charge in [-0.2, -0.15) is 0 Å². The maximum atomic E-state index is 12.1. The van der Waals surface area contributed by atoms with Crippen molar-refractivity contribution in [2.24, 2.45) is 5.92 Å². The SMILES string of the molecule is CC1CCC2(CC1)CC(N(C)C(=O)OC(C)(C)C)CO2. The molecular formula is C16H29NO3. The number of hydrogen-bond acceptors (Lipinski definition) is 3. The van der Waals surface area contributed by atoms with Crippen LogP contribution in [0.25, 0.3) is 0 Å². The summed E-state index contributed by atoms with van der Waals surface area (Å²) in [6, 6.07) is 0.151. The number of carbonyl (C=O) groups excluding carboxylic acids is 1. The third-order valence-corrected chi connectivity index (χ3v) is 4.60. The second kappa shape index (κ2) is 5.55. The van der Waals surface area contributed by atoms with Crippen LogP contribution in [0.1, 0.15) is 59.8 Å². The molecule has 1 spiro atoms. The van der Waals surface area contributed by atoms with Crippen LogP contribution in [0.4, 0.5) is 4.79 Å². The van der Waals surface area contributed by atoms with Gasteiger partial charge in [-0.3, -0.25) is 0 Å². The van der Waals surface area contributed by atoms with Gasteiger partial charge in [-0.1, -0.05) is 6.92 Å². The number of ether oxygens (including phenoxy) is 2. The normalized spacial score (nSPS) is 34.2. The number of nitrogens with zero attached hydrogens (tertiary/aromatic N) is 1. The highest BCUT2D eigenvalue weighted by atomic mass is 16.6. The Morgan fingerprint density at radius 1 is 1.30 bits per heavy atom. The van der Waals surface area contributed by atoms with Gasteiger partial charge in [0.25, 0.3) is 0 Å². The Labute approximate surface area is 122 Å². The summed E-state index contributed by atoms with van der Waals surface area (Å²) in [5, 5.41) is 0. The molecule has 0 aromatic carbocycles. The minimum atomic E-state index is -0.442. The summed E-state index contributed by atoms with van der Waals surface area (Å²) in [4.78, 5) is 13.8. The summed E-state index contributed by atoms with van der Waals surface area (Å²) in [6.07, 6.45) is 5.45. The molecular weight excluding hydrogens is 254 g/mol. The topological polar surface area (TPSA) is 38.8 Å². The fourth-order valence-corrected chi connectivity index (χ4v) is 3.19. The van der Waals surface area contributed by atoms with E-state index >= 15 is 0 Å². The molecule has 1 saturated heterocycles. The van der Waals surface area contributed by atoms with Crippen LogP contribution in [0.5, 0.6) is 0 Å². The van der Waals surface area contributed by atoms with Crippen molar-refractivity contribution in [2.75, 3.05) is 13.7 Å². The van der Waals surface area contributed by atoms with Crippen molar-refractivity contribution >= 4 is 6.09 Å². The van der Waals surface area contributed by atoms with Crippen LogP contribution in [0.15, 0.2) is 0 Å². The fraction of sp³-hybridized carbons (Fsp3) is 0.938. The van der Waals surface area contributed by atoms with Crippen molar-refractivity contribution in [1.82, 2.24) is 4.90 Å². The van der Waals surface area contributed by atoms with Crippen LogP contribution in [0, 0.1) is 5.92 Å². The zero-order chi connectivity index (χ0) is 15.0. The molecule has 1 aliphatic heterocycles. The summed E-state index contributed by atoms with van der Waals surface area (Å²) in [5.74, 6) is 0.812. The molecule has 1 atom stereocenters. The maximum absolute atomic E-state index is 12.1. The Morgan fingerprint density at radius 3 is 2.45 bits per heavy atom. The zero-order valence-corrected chi connectivity index (χ0v) is 13.6. The molecule has 1 amide bonds. The van der Waals surface area contributed by atoms with E-state index in [-0.39, 0.29) is 17.7 Å². The molecule has 2 fully saturated rings. The smallest absolute Gasteiger partial charge is 0.410 e. The Hall–Kier alpha value is -0.770. The quantitative estimate of drug-likeness (QED) is 0.738. The number of rotatable bonds is 1. The molecule has 1 unspecified atom stereocenters. The highest BCUT2D eigenvalue weighted by Crippen LogP contribution is 2.42. The molecule has 0 aromatic heterocycles. The lowest BCUT2D eigenvalue weighted by Gasteiger charge is -2.35. The molecule has 4 nitrogen and oxygen atoms in total. The molecule has 2 aliphatic rings. The van der Waals surface area contributed by atoms with Crippen molar-refractivity contribution < 1.29 is 14.3 Å². The average Bonchev–Trinajstić information content (AvgIpc) is 2.75. The summed E-state index contributed by atoms with van der Waals surface area (Å²) < 4.78 is 11.5. The molecule has 0 bridgehead atoms. The van der Waals surface area contributed by atoms with Gasteiger partial charge in [0.1, 0.15) is 5.60 Å². The van der Waals surface area contributed by atoms with Gasteiger partial charge in [0.15, 0.2) is 0 Å². The van der Waals surface area contributed by atoms with Gasteiger partial charge in [-0.15, -0.1) is 0 Å². The third-order valence-electron chi connectivity index (χ3n) is 4.60. The van der Waals surface area contributed by atoms with Crippen LogP contribution in [-0.4, -0.2) is 41.9 Å². The van der Waals surface area contributed by atoms with Gasteiger partial charge in [0.05, 0.1) is 18.2 Å². The van der Waals surface area contributed by atoms with Gasteiger partial charge in [-0.25, -0.2) is 4.79 Å². The van der Waals surface area contributed by atoms with Gasteiger partial charge in [0.2, 0.25) is 0 Å². The van der Waals surface area contributed by atoms with Crippen LogP contribution >= 0.6 is 0 Å². The number of amides is 1. The number of hydrogen-bond donors (Lipinski definition) is 0. The molecule has 1 heterocycles. The second-order valence-electron chi connectivity index (χ2n) is 7.63. The van der Waals surface area contributed by atoms with E-state index in [9.17, 15) is 4.79 Å². The van der Waals surface area contributed by atoms with Crippen LogP contribution in [0.3, 0.4) is 0 Å². The Bertz CT molecular complexity index is 353. The molecule has 0 N–H and O–H groups in total. The van der Waals surface area contributed by atoms with E-state index < -0.39 is 5.60 Å². The molecule has 1 saturated carbocycles. The third kappa shape index (κ3) is 3.66. The van der Waals surface area contributed by atoms with E-state index in [4.69, 9.17) is 9.47 Å². The van der Waals surface area contributed by atoms with E-state index in [0.717, 1.165) is 25.2 Å². The van der Waals surface area contributed by atoms with Crippen molar-refractivity contribution in [3.8, 4) is 0 Å². The first-order valence-electron chi connectivity index (χ1n) is 7.81. The van der Waals surface area contributed by atoms with Crippen molar-refractivity contribution in [3.63, 3.8) is 0 Å². The van der Waals surface area contributed by atoms with Crippen molar-refractivity contribution in [1.29, 1.82) is 0 Å². The summed E-state index contributed by atoms with van der Waals surface area (Å²) >= 11 is 0. The highest BCUT2D eigenvalue weighted by Gasteiger charge is 2.44. The van der Waals surface area contributed by atoms with Crippen LogP contribution < -0.4 is 0 Å². The zero-order valence-electron chi connectivity index (χ0n) is 13.6. The number of likely N-dealkylation sites (N-methyl/N-ethyl adjacent to an activating group) is 1. The molecule has 1 aliphatic carbocycles. The largest absolute Gasteiger partial charge is 0.444 e. The summed E-state index contributed by atoms with van der Waals surface area (Å²) in [6.45, 7) is 8.64. The van der Waals surface area contributed by atoms with Crippen LogP contribution in [0.2, 0.25) is 0 Å². The molecule has 20 heavy (non-hydrogen) atoms. The monoisotopic (exact) mass is 283 g/mol. The Morgan fingerprint density at radius 2 is 1.90 bits per heavy atom. The van der Waals surface area contributed by atoms with Gasteiger partial charge < -0.3 is 14.4 Å². The minimum Gasteiger partial charge on any atom is -0.444 e. The van der Waals surface area contributed by atoms with E-state index in [0.29, 0.717) is 6.61 Å². The van der Waals surface area contributed by atoms with Gasteiger partial charge >= 0.3 is 6.09 Å². The van der Waals surface area contributed by atoms with E-state index in [1.54, 1.807) is 4.90 Å². The maximum Gasteiger partial charge on any atom is 0.410 e. The minimum absolute atomic E-state index is 0.0213. The summed E-state index contributed by atoms with van der Waals surface area (Å²) in [7, 11) is 1.83. The van der Waals surface area contributed by atoms with E-state index in [1.165, 1.54) is 12.8 Å². The fourth-order valence-electron chi connectivity index (χ4n) is 3.19. The van der Waals surface area contributed by atoms with Crippen molar-refractivity contribution in [3.05, 3.63) is 0 Å². The van der Waals surface area contributed by atoms with Crippen LogP contribution in [-0.2, 0) is 9.47 Å². The molecule has 2 rings (SSSR count). The standard InChI is InChI=1S/C16H29NO3/c1-12-6-8-16(9-7-12)10-13(11-19-16)17(5)14(18)20-15(2,3)4/h12-13H,6-11H2,1-5H3. The first-order valence-corrected chi connectivity index (χ1v) is 7.81. The predicted molar refractivity (Wildman–Crippen MR) is 78.7 cm³/mol. The first kappa shape index (κ1) is 15.6. The first-order chi connectivity index (χ1) is 9.21. The molecule has 0 radical (unpaired) electrons. The van der Waals surface area contributed by atoms with Gasteiger partial charge in [0, 0.05) is 7.05 Å². The molecule has 0 aromatic rings. The van der Waals surface area contributed by atoms with E-state index in [2.05, 4.69) is 6.92 Å². The van der Waals surface area contributed by atoms with Gasteiger partial charge in [-0.05, 0) is 58.8 Å². The molecule has 4 heteroatoms. The molecule has 116 valence electrons. The lowest BCUT2D eigenvalue weighted by atomic mass is 9.77. The Kier molecular flexibility index (Phi) is 4.33. The number of carbonyl (C=O) groups is 1. The highest BCUT2D eigenvalue weighted by molar-refractivity contribution is 5.68. The Balaban J connectivity index is 1.90.